The second-order valence-electron chi connectivity index (χ2n) is 7.17. The van der Waals surface area contributed by atoms with Crippen molar-refractivity contribution >= 4 is 16.2 Å². The first-order valence-electron chi connectivity index (χ1n) is 9.39. The Bertz CT molecular complexity index is 719. The van der Waals surface area contributed by atoms with Crippen molar-refractivity contribution in [2.45, 2.75) is 45.1 Å². The van der Waals surface area contributed by atoms with Gasteiger partial charge in [-0.3, -0.25) is 0 Å². The standard InChI is InChI=1S/C17H29N5O3S/c1-3-21(2)26(24,25)20-16-6-4-5-15-14(16)11-18-17(19-15)22-9-7-13(12-23)8-10-22/h11,13,16,20,23H,3-10,12H2,1-2H3. The molecule has 3 rings (SSSR count). The molecule has 2 heterocycles. The van der Waals surface area contributed by atoms with Crippen molar-refractivity contribution in [3.05, 3.63) is 17.5 Å². The summed E-state index contributed by atoms with van der Waals surface area (Å²) in [6.07, 6.45) is 6.19. The molecule has 146 valence electrons. The van der Waals surface area contributed by atoms with E-state index in [9.17, 15) is 13.5 Å². The summed E-state index contributed by atoms with van der Waals surface area (Å²) in [5, 5.41) is 9.28. The van der Waals surface area contributed by atoms with Crippen molar-refractivity contribution in [1.29, 1.82) is 0 Å². The van der Waals surface area contributed by atoms with E-state index >= 15 is 0 Å². The zero-order valence-corrected chi connectivity index (χ0v) is 16.4. The van der Waals surface area contributed by atoms with E-state index in [0.717, 1.165) is 56.5 Å². The first kappa shape index (κ1) is 19.5. The molecule has 1 saturated heterocycles. The predicted molar refractivity (Wildman–Crippen MR) is 100 cm³/mol. The SMILES string of the molecule is CCN(C)S(=O)(=O)NC1CCCc2nc(N3CCC(CO)CC3)ncc21. The van der Waals surface area contributed by atoms with E-state index in [1.165, 1.54) is 4.31 Å². The van der Waals surface area contributed by atoms with Crippen LogP contribution < -0.4 is 9.62 Å². The summed E-state index contributed by atoms with van der Waals surface area (Å²) in [7, 11) is -1.93. The van der Waals surface area contributed by atoms with Crippen molar-refractivity contribution in [3.63, 3.8) is 0 Å². The van der Waals surface area contributed by atoms with Gasteiger partial charge in [-0.05, 0) is 38.0 Å². The topological polar surface area (TPSA) is 98.7 Å². The molecule has 0 radical (unpaired) electrons. The number of piperidine rings is 1. The van der Waals surface area contributed by atoms with Gasteiger partial charge in [0, 0.05) is 45.0 Å². The van der Waals surface area contributed by atoms with Crippen LogP contribution in [0.25, 0.3) is 0 Å². The number of aromatic nitrogens is 2. The highest BCUT2D eigenvalue weighted by molar-refractivity contribution is 7.87. The normalized spacial score (nSPS) is 21.8. The molecular formula is C17H29N5O3S. The van der Waals surface area contributed by atoms with Crippen LogP contribution in [0.2, 0.25) is 0 Å². The summed E-state index contributed by atoms with van der Waals surface area (Å²) >= 11 is 0. The van der Waals surface area contributed by atoms with Gasteiger partial charge in [0.2, 0.25) is 5.95 Å². The smallest absolute Gasteiger partial charge is 0.279 e. The second-order valence-corrected chi connectivity index (χ2v) is 8.98. The van der Waals surface area contributed by atoms with Gasteiger partial charge in [-0.1, -0.05) is 6.92 Å². The van der Waals surface area contributed by atoms with Gasteiger partial charge in [-0.25, -0.2) is 9.97 Å². The maximum absolute atomic E-state index is 12.4. The molecule has 1 aliphatic heterocycles. The number of nitrogens with zero attached hydrogens (tertiary/aromatic N) is 4. The molecule has 8 nitrogen and oxygen atoms in total. The molecular weight excluding hydrogens is 354 g/mol. The molecule has 1 aliphatic carbocycles. The quantitative estimate of drug-likeness (QED) is 0.756. The van der Waals surface area contributed by atoms with Crippen molar-refractivity contribution in [3.8, 4) is 0 Å². The highest BCUT2D eigenvalue weighted by Crippen LogP contribution is 2.30. The third-order valence-corrected chi connectivity index (χ3v) is 7.13. The van der Waals surface area contributed by atoms with E-state index < -0.39 is 10.2 Å². The van der Waals surface area contributed by atoms with Crippen molar-refractivity contribution in [1.82, 2.24) is 19.0 Å². The number of rotatable bonds is 6. The van der Waals surface area contributed by atoms with Crippen LogP contribution >= 0.6 is 0 Å². The Morgan fingerprint density at radius 2 is 2.08 bits per heavy atom. The largest absolute Gasteiger partial charge is 0.396 e. The van der Waals surface area contributed by atoms with E-state index in [-0.39, 0.29) is 12.6 Å². The summed E-state index contributed by atoms with van der Waals surface area (Å²) in [4.78, 5) is 11.4. The maximum atomic E-state index is 12.4. The van der Waals surface area contributed by atoms with E-state index in [4.69, 9.17) is 4.98 Å². The average Bonchev–Trinajstić information content (AvgIpc) is 2.67. The minimum absolute atomic E-state index is 0.243. The molecule has 1 unspecified atom stereocenters. The number of aryl methyl sites for hydroxylation is 1. The van der Waals surface area contributed by atoms with E-state index in [2.05, 4.69) is 14.6 Å². The molecule has 1 aromatic rings. The second kappa shape index (κ2) is 8.16. The van der Waals surface area contributed by atoms with Crippen molar-refractivity contribution < 1.29 is 13.5 Å². The summed E-state index contributed by atoms with van der Waals surface area (Å²) in [6, 6.07) is -0.271. The van der Waals surface area contributed by atoms with Crippen LogP contribution in [-0.4, -0.2) is 61.1 Å². The van der Waals surface area contributed by atoms with Gasteiger partial charge in [0.15, 0.2) is 0 Å². The number of anilines is 1. The number of hydrogen-bond donors (Lipinski definition) is 2. The van der Waals surface area contributed by atoms with Gasteiger partial charge in [0.05, 0.1) is 11.7 Å². The number of aliphatic hydroxyl groups excluding tert-OH is 1. The lowest BCUT2D eigenvalue weighted by atomic mass is 9.93. The first-order chi connectivity index (χ1) is 12.4. The summed E-state index contributed by atoms with van der Waals surface area (Å²) < 4.78 is 28.8. The van der Waals surface area contributed by atoms with E-state index in [0.29, 0.717) is 18.4 Å². The van der Waals surface area contributed by atoms with E-state index in [1.807, 2.05) is 6.92 Å². The Labute approximate surface area is 155 Å². The molecule has 0 aromatic carbocycles. The van der Waals surface area contributed by atoms with Crippen LogP contribution in [0.3, 0.4) is 0 Å². The fourth-order valence-electron chi connectivity index (χ4n) is 3.57. The average molecular weight is 384 g/mol. The number of fused-ring (bicyclic) bond motifs is 1. The lowest BCUT2D eigenvalue weighted by molar-refractivity contribution is 0.202. The Hall–Kier alpha value is -1.29. The third kappa shape index (κ3) is 4.16. The lowest BCUT2D eigenvalue weighted by Crippen LogP contribution is -2.41. The van der Waals surface area contributed by atoms with Gasteiger partial charge >= 0.3 is 0 Å². The molecule has 1 fully saturated rings. The molecule has 0 amide bonds. The predicted octanol–water partition coefficient (Wildman–Crippen LogP) is 0.849. The molecule has 2 N–H and O–H groups in total. The number of hydrogen-bond acceptors (Lipinski definition) is 6. The van der Waals surface area contributed by atoms with Crippen LogP contribution in [-0.2, 0) is 16.6 Å². The zero-order valence-electron chi connectivity index (χ0n) is 15.6. The Morgan fingerprint density at radius 3 is 2.73 bits per heavy atom. The fourth-order valence-corrected chi connectivity index (χ4v) is 4.69. The molecule has 26 heavy (non-hydrogen) atoms. The fraction of sp³-hybridized carbons (Fsp3) is 0.765. The Kier molecular flexibility index (Phi) is 6.11. The molecule has 1 atom stereocenters. The lowest BCUT2D eigenvalue weighted by Gasteiger charge is -2.32. The number of nitrogens with one attached hydrogen (secondary N) is 1. The molecule has 0 spiro atoms. The summed E-state index contributed by atoms with van der Waals surface area (Å²) in [5.41, 5.74) is 1.83. The monoisotopic (exact) mass is 383 g/mol. The van der Waals surface area contributed by atoms with Gasteiger partial charge in [0.25, 0.3) is 10.2 Å². The molecule has 9 heteroatoms. The summed E-state index contributed by atoms with van der Waals surface area (Å²) in [6.45, 7) is 4.17. The first-order valence-corrected chi connectivity index (χ1v) is 10.8. The van der Waals surface area contributed by atoms with Crippen LogP contribution in [0.4, 0.5) is 5.95 Å². The van der Waals surface area contributed by atoms with E-state index in [1.54, 1.807) is 13.2 Å². The number of aliphatic hydroxyl groups is 1. The van der Waals surface area contributed by atoms with Crippen molar-refractivity contribution in [2.24, 2.45) is 5.92 Å². The summed E-state index contributed by atoms with van der Waals surface area (Å²) in [5.74, 6) is 1.09. The van der Waals surface area contributed by atoms with Crippen LogP contribution in [0.15, 0.2) is 6.20 Å². The molecule has 0 saturated carbocycles. The van der Waals surface area contributed by atoms with Crippen LogP contribution in [0.1, 0.15) is 49.9 Å². The Morgan fingerprint density at radius 1 is 1.35 bits per heavy atom. The molecule has 0 bridgehead atoms. The van der Waals surface area contributed by atoms with Crippen LogP contribution in [0, 0.1) is 5.92 Å². The highest BCUT2D eigenvalue weighted by atomic mass is 32.2. The Balaban J connectivity index is 1.75. The minimum Gasteiger partial charge on any atom is -0.396 e. The molecule has 1 aromatic heterocycles. The van der Waals surface area contributed by atoms with Gasteiger partial charge in [-0.2, -0.15) is 17.4 Å². The minimum atomic E-state index is -3.50. The van der Waals surface area contributed by atoms with Crippen LogP contribution in [0.5, 0.6) is 0 Å². The van der Waals surface area contributed by atoms with Crippen molar-refractivity contribution in [2.75, 3.05) is 38.2 Å². The van der Waals surface area contributed by atoms with Gasteiger partial charge in [0.1, 0.15) is 0 Å². The van der Waals surface area contributed by atoms with Gasteiger partial charge < -0.3 is 10.0 Å². The molecule has 2 aliphatic rings. The highest BCUT2D eigenvalue weighted by Gasteiger charge is 2.29. The maximum Gasteiger partial charge on any atom is 0.279 e. The van der Waals surface area contributed by atoms with Gasteiger partial charge in [-0.15, -0.1) is 0 Å². The third-order valence-electron chi connectivity index (χ3n) is 5.47. The zero-order chi connectivity index (χ0) is 18.7.